The third kappa shape index (κ3) is 4.44. The molecule has 0 spiro atoms. The molecule has 1 aliphatic carbocycles. The van der Waals surface area contributed by atoms with E-state index in [0.717, 1.165) is 12.8 Å². The molecule has 2 aromatic carbocycles. The SMILES string of the molecule is CCOc1cc(C(=O)NC2CC(C)(c3ccccc3)C2)ccc1OCC(=O)O. The van der Waals surface area contributed by atoms with E-state index in [1.807, 2.05) is 25.1 Å². The van der Waals surface area contributed by atoms with Crippen LogP contribution in [0.1, 0.15) is 42.6 Å². The van der Waals surface area contributed by atoms with Crippen molar-refractivity contribution in [1.29, 1.82) is 0 Å². The lowest BCUT2D eigenvalue weighted by Gasteiger charge is -2.46. The Morgan fingerprint density at radius 3 is 2.46 bits per heavy atom. The van der Waals surface area contributed by atoms with Gasteiger partial charge in [-0.1, -0.05) is 37.3 Å². The molecule has 1 saturated carbocycles. The van der Waals surface area contributed by atoms with E-state index in [-0.39, 0.29) is 17.4 Å². The van der Waals surface area contributed by atoms with E-state index in [2.05, 4.69) is 24.4 Å². The highest BCUT2D eigenvalue weighted by molar-refractivity contribution is 5.95. The Labute approximate surface area is 164 Å². The Balaban J connectivity index is 1.63. The fourth-order valence-corrected chi connectivity index (χ4v) is 3.65. The number of carbonyl (C=O) groups excluding carboxylic acids is 1. The second kappa shape index (κ2) is 8.33. The molecule has 1 amide bonds. The minimum absolute atomic E-state index is 0.0875. The Morgan fingerprint density at radius 1 is 1.11 bits per heavy atom. The summed E-state index contributed by atoms with van der Waals surface area (Å²) in [6.07, 6.45) is 1.78. The quantitative estimate of drug-likeness (QED) is 0.730. The van der Waals surface area contributed by atoms with Gasteiger partial charge >= 0.3 is 5.97 Å². The first-order chi connectivity index (χ1) is 13.4. The zero-order chi connectivity index (χ0) is 20.1. The van der Waals surface area contributed by atoms with Crippen LogP contribution in [-0.4, -0.2) is 36.2 Å². The summed E-state index contributed by atoms with van der Waals surface area (Å²) in [7, 11) is 0. The van der Waals surface area contributed by atoms with Gasteiger partial charge in [-0.3, -0.25) is 4.79 Å². The molecule has 0 unspecified atom stereocenters. The summed E-state index contributed by atoms with van der Waals surface area (Å²) >= 11 is 0. The zero-order valence-corrected chi connectivity index (χ0v) is 16.1. The molecule has 3 rings (SSSR count). The molecule has 2 N–H and O–H groups in total. The van der Waals surface area contributed by atoms with E-state index in [0.29, 0.717) is 23.7 Å². The molecule has 148 valence electrons. The molecular formula is C22H25NO5. The first-order valence-electron chi connectivity index (χ1n) is 9.39. The molecule has 0 aromatic heterocycles. The van der Waals surface area contributed by atoms with Crippen LogP contribution in [-0.2, 0) is 10.2 Å². The summed E-state index contributed by atoms with van der Waals surface area (Å²) in [6, 6.07) is 15.2. The van der Waals surface area contributed by atoms with Crippen molar-refractivity contribution in [3.63, 3.8) is 0 Å². The Kier molecular flexibility index (Phi) is 5.87. The smallest absolute Gasteiger partial charge is 0.341 e. The number of hydrogen-bond donors (Lipinski definition) is 2. The first kappa shape index (κ1) is 19.7. The second-order valence-electron chi connectivity index (χ2n) is 7.28. The van der Waals surface area contributed by atoms with E-state index in [9.17, 15) is 9.59 Å². The maximum Gasteiger partial charge on any atom is 0.341 e. The van der Waals surface area contributed by atoms with Crippen molar-refractivity contribution in [1.82, 2.24) is 5.32 Å². The minimum Gasteiger partial charge on any atom is -0.490 e. The lowest BCUT2D eigenvalue weighted by molar-refractivity contribution is -0.139. The summed E-state index contributed by atoms with van der Waals surface area (Å²) in [6.45, 7) is 3.94. The molecule has 6 nitrogen and oxygen atoms in total. The van der Waals surface area contributed by atoms with Crippen LogP contribution < -0.4 is 14.8 Å². The number of aliphatic carboxylic acids is 1. The summed E-state index contributed by atoms with van der Waals surface area (Å²) in [5.41, 5.74) is 1.84. The number of hydrogen-bond acceptors (Lipinski definition) is 4. The Bertz CT molecular complexity index is 843. The number of carboxylic acids is 1. The predicted octanol–water partition coefficient (Wildman–Crippen LogP) is 3.40. The average Bonchev–Trinajstić information content (AvgIpc) is 2.66. The van der Waals surface area contributed by atoms with Crippen molar-refractivity contribution in [2.24, 2.45) is 0 Å². The summed E-state index contributed by atoms with van der Waals surface area (Å²) in [5.74, 6) is -0.582. The molecule has 28 heavy (non-hydrogen) atoms. The van der Waals surface area contributed by atoms with E-state index in [1.54, 1.807) is 18.2 Å². The van der Waals surface area contributed by atoms with Crippen molar-refractivity contribution in [2.75, 3.05) is 13.2 Å². The van der Waals surface area contributed by atoms with Crippen LogP contribution in [0.5, 0.6) is 11.5 Å². The van der Waals surface area contributed by atoms with Crippen LogP contribution in [0.25, 0.3) is 0 Å². The van der Waals surface area contributed by atoms with Gasteiger partial charge < -0.3 is 19.9 Å². The van der Waals surface area contributed by atoms with Crippen LogP contribution in [0.4, 0.5) is 0 Å². The standard InChI is InChI=1S/C22H25NO5/c1-3-27-19-11-15(9-10-18(19)28-14-20(24)25)21(26)23-17-12-22(2,13-17)16-7-5-4-6-8-16/h4-11,17H,3,12-14H2,1-2H3,(H,23,26)(H,24,25). The maximum absolute atomic E-state index is 12.6. The molecule has 0 saturated heterocycles. The molecule has 2 aromatic rings. The first-order valence-corrected chi connectivity index (χ1v) is 9.39. The maximum atomic E-state index is 12.6. The molecule has 0 radical (unpaired) electrons. The van der Waals surface area contributed by atoms with Crippen LogP contribution in [0, 0.1) is 0 Å². The van der Waals surface area contributed by atoms with Gasteiger partial charge in [0, 0.05) is 11.6 Å². The number of ether oxygens (including phenoxy) is 2. The van der Waals surface area contributed by atoms with E-state index in [4.69, 9.17) is 14.6 Å². The molecule has 1 aliphatic rings. The van der Waals surface area contributed by atoms with Gasteiger partial charge in [0.05, 0.1) is 6.61 Å². The highest BCUT2D eigenvalue weighted by Gasteiger charge is 2.42. The molecule has 0 bridgehead atoms. The molecule has 0 atom stereocenters. The van der Waals surface area contributed by atoms with Gasteiger partial charge in [-0.05, 0) is 48.9 Å². The van der Waals surface area contributed by atoms with Gasteiger partial charge in [0.1, 0.15) is 0 Å². The number of benzene rings is 2. The van der Waals surface area contributed by atoms with Crippen LogP contribution in [0.2, 0.25) is 0 Å². The van der Waals surface area contributed by atoms with Gasteiger partial charge in [-0.25, -0.2) is 4.79 Å². The van der Waals surface area contributed by atoms with Gasteiger partial charge in [-0.15, -0.1) is 0 Å². The monoisotopic (exact) mass is 383 g/mol. The lowest BCUT2D eigenvalue weighted by Crippen LogP contribution is -2.51. The normalized spacial score (nSPS) is 20.7. The third-order valence-corrected chi connectivity index (χ3v) is 5.06. The summed E-state index contributed by atoms with van der Waals surface area (Å²) < 4.78 is 10.7. The fourth-order valence-electron chi connectivity index (χ4n) is 3.65. The Hall–Kier alpha value is -3.02. The van der Waals surface area contributed by atoms with E-state index in [1.165, 1.54) is 5.56 Å². The largest absolute Gasteiger partial charge is 0.490 e. The van der Waals surface area contributed by atoms with Gasteiger partial charge in [0.25, 0.3) is 5.91 Å². The third-order valence-electron chi connectivity index (χ3n) is 5.06. The number of nitrogens with one attached hydrogen (secondary N) is 1. The van der Waals surface area contributed by atoms with Crippen LogP contribution in [0.3, 0.4) is 0 Å². The van der Waals surface area contributed by atoms with Gasteiger partial charge in [0.15, 0.2) is 18.1 Å². The van der Waals surface area contributed by atoms with Crippen molar-refractivity contribution < 1.29 is 24.2 Å². The molecule has 0 heterocycles. The number of amides is 1. The predicted molar refractivity (Wildman–Crippen MR) is 105 cm³/mol. The van der Waals surface area contributed by atoms with Crippen LogP contribution >= 0.6 is 0 Å². The second-order valence-corrected chi connectivity index (χ2v) is 7.28. The van der Waals surface area contributed by atoms with Crippen LogP contribution in [0.15, 0.2) is 48.5 Å². The Morgan fingerprint density at radius 2 is 1.82 bits per heavy atom. The topological polar surface area (TPSA) is 84.9 Å². The highest BCUT2D eigenvalue weighted by atomic mass is 16.5. The van der Waals surface area contributed by atoms with Crippen molar-refractivity contribution in [3.05, 3.63) is 59.7 Å². The number of carbonyl (C=O) groups is 2. The van der Waals surface area contributed by atoms with Crippen molar-refractivity contribution in [2.45, 2.75) is 38.1 Å². The molecule has 0 aliphatic heterocycles. The fraction of sp³-hybridized carbons (Fsp3) is 0.364. The highest BCUT2D eigenvalue weighted by Crippen LogP contribution is 2.43. The van der Waals surface area contributed by atoms with Crippen molar-refractivity contribution in [3.8, 4) is 11.5 Å². The molecule has 1 fully saturated rings. The van der Waals surface area contributed by atoms with E-state index >= 15 is 0 Å². The summed E-state index contributed by atoms with van der Waals surface area (Å²) in [5, 5.41) is 11.8. The number of rotatable bonds is 8. The zero-order valence-electron chi connectivity index (χ0n) is 16.1. The minimum atomic E-state index is -1.07. The molecular weight excluding hydrogens is 358 g/mol. The number of carboxylic acid groups (broad SMARTS) is 1. The average molecular weight is 383 g/mol. The lowest BCUT2D eigenvalue weighted by atomic mass is 9.63. The summed E-state index contributed by atoms with van der Waals surface area (Å²) in [4.78, 5) is 23.3. The molecule has 6 heteroatoms. The van der Waals surface area contributed by atoms with Crippen molar-refractivity contribution >= 4 is 11.9 Å². The van der Waals surface area contributed by atoms with Gasteiger partial charge in [-0.2, -0.15) is 0 Å². The van der Waals surface area contributed by atoms with Gasteiger partial charge in [0.2, 0.25) is 0 Å². The van der Waals surface area contributed by atoms with E-state index < -0.39 is 12.6 Å².